The molecule has 3 nitrogen and oxygen atoms in total. The predicted molar refractivity (Wildman–Crippen MR) is 73.1 cm³/mol. The fourth-order valence-corrected chi connectivity index (χ4v) is 1.78. The van der Waals surface area contributed by atoms with Gasteiger partial charge in [-0.3, -0.25) is 0 Å². The second kappa shape index (κ2) is 6.99. The van der Waals surface area contributed by atoms with Gasteiger partial charge in [0.1, 0.15) is 12.0 Å². The van der Waals surface area contributed by atoms with Crippen LogP contribution in [0.1, 0.15) is 24.9 Å². The van der Waals surface area contributed by atoms with E-state index in [9.17, 15) is 4.39 Å². The quantitative estimate of drug-likeness (QED) is 0.906. The van der Waals surface area contributed by atoms with E-state index in [-0.39, 0.29) is 30.9 Å². The number of aromatic nitrogens is 1. The van der Waals surface area contributed by atoms with Crippen molar-refractivity contribution in [3.8, 4) is 0 Å². The second-order valence-corrected chi connectivity index (χ2v) is 4.07. The molecule has 2 heterocycles. The molecule has 2 rings (SSSR count). The Hall–Kier alpha value is -0.580. The molecule has 2 atom stereocenters. The summed E-state index contributed by atoms with van der Waals surface area (Å²) < 4.78 is 13.0. The average molecular weight is 282 g/mol. The van der Waals surface area contributed by atoms with Gasteiger partial charge in [-0.05, 0) is 25.0 Å². The van der Waals surface area contributed by atoms with Gasteiger partial charge in [0.25, 0.3) is 0 Å². The van der Waals surface area contributed by atoms with E-state index < -0.39 is 6.17 Å². The Morgan fingerprint density at radius 3 is 2.59 bits per heavy atom. The molecule has 0 aromatic carbocycles. The maximum Gasteiger partial charge on any atom is 0.128 e. The van der Waals surface area contributed by atoms with Gasteiger partial charge in [-0.2, -0.15) is 0 Å². The van der Waals surface area contributed by atoms with Gasteiger partial charge >= 0.3 is 0 Å². The molecule has 6 heteroatoms. The molecular formula is C11H18Cl2FN3. The van der Waals surface area contributed by atoms with E-state index in [4.69, 9.17) is 5.73 Å². The van der Waals surface area contributed by atoms with Gasteiger partial charge in [0, 0.05) is 18.8 Å². The zero-order chi connectivity index (χ0) is 10.8. The van der Waals surface area contributed by atoms with Crippen molar-refractivity contribution in [1.82, 2.24) is 4.98 Å². The first-order chi connectivity index (χ1) is 7.16. The molecule has 1 aliphatic rings. The van der Waals surface area contributed by atoms with Gasteiger partial charge in [-0.25, -0.2) is 9.37 Å². The van der Waals surface area contributed by atoms with E-state index in [0.717, 1.165) is 17.9 Å². The minimum Gasteiger partial charge on any atom is -0.354 e. The first-order valence-electron chi connectivity index (χ1n) is 5.27. The minimum absolute atomic E-state index is 0. The Balaban J connectivity index is 0.00000128. The maximum absolute atomic E-state index is 13.0. The van der Waals surface area contributed by atoms with Crippen LogP contribution in [0.3, 0.4) is 0 Å². The summed E-state index contributed by atoms with van der Waals surface area (Å²) in [7, 11) is 0. The van der Waals surface area contributed by atoms with Crippen LogP contribution >= 0.6 is 24.8 Å². The van der Waals surface area contributed by atoms with Crippen molar-refractivity contribution in [1.29, 1.82) is 0 Å². The Morgan fingerprint density at radius 2 is 2.18 bits per heavy atom. The van der Waals surface area contributed by atoms with E-state index in [1.54, 1.807) is 6.20 Å². The first kappa shape index (κ1) is 16.4. The van der Waals surface area contributed by atoms with Crippen LogP contribution in [0.5, 0.6) is 0 Å². The zero-order valence-electron chi connectivity index (χ0n) is 9.67. The number of pyridine rings is 1. The molecule has 98 valence electrons. The van der Waals surface area contributed by atoms with E-state index in [0.29, 0.717) is 13.0 Å². The van der Waals surface area contributed by atoms with Crippen molar-refractivity contribution in [2.75, 3.05) is 18.0 Å². The number of nitrogens with two attached hydrogens (primary N) is 1. The molecule has 0 radical (unpaired) electrons. The second-order valence-electron chi connectivity index (χ2n) is 4.07. The number of alkyl halides is 1. The largest absolute Gasteiger partial charge is 0.354 e. The summed E-state index contributed by atoms with van der Waals surface area (Å²) in [5.74, 6) is 0.847. The van der Waals surface area contributed by atoms with Crippen molar-refractivity contribution in [2.24, 2.45) is 5.73 Å². The van der Waals surface area contributed by atoms with Crippen LogP contribution in [0, 0.1) is 0 Å². The molecule has 1 aliphatic heterocycles. The highest BCUT2D eigenvalue weighted by molar-refractivity contribution is 5.85. The molecule has 0 amide bonds. The van der Waals surface area contributed by atoms with E-state index >= 15 is 0 Å². The van der Waals surface area contributed by atoms with Crippen LogP contribution in [0.4, 0.5) is 10.2 Å². The van der Waals surface area contributed by atoms with E-state index in [1.807, 2.05) is 24.0 Å². The van der Waals surface area contributed by atoms with Gasteiger partial charge in [0.2, 0.25) is 0 Å². The molecule has 0 spiro atoms. The van der Waals surface area contributed by atoms with Crippen molar-refractivity contribution >= 4 is 30.6 Å². The average Bonchev–Trinajstić information content (AvgIpc) is 2.65. The van der Waals surface area contributed by atoms with Crippen LogP contribution < -0.4 is 10.6 Å². The summed E-state index contributed by atoms with van der Waals surface area (Å²) >= 11 is 0. The molecule has 0 bridgehead atoms. The van der Waals surface area contributed by atoms with Crippen LogP contribution in [-0.4, -0.2) is 24.2 Å². The SMILES string of the molecule is C[C@H](N)c1ccc(N2CCC(F)C2)nc1.Cl.Cl. The van der Waals surface area contributed by atoms with E-state index in [2.05, 4.69) is 4.98 Å². The lowest BCUT2D eigenvalue weighted by Gasteiger charge is -2.16. The third-order valence-electron chi connectivity index (χ3n) is 2.75. The molecule has 1 fully saturated rings. The predicted octanol–water partition coefficient (Wildman–Crippen LogP) is 2.49. The molecule has 1 aromatic rings. The van der Waals surface area contributed by atoms with Gasteiger partial charge in [-0.1, -0.05) is 6.07 Å². The number of hydrogen-bond acceptors (Lipinski definition) is 3. The molecule has 2 N–H and O–H groups in total. The first-order valence-corrected chi connectivity index (χ1v) is 5.27. The van der Waals surface area contributed by atoms with Gasteiger partial charge < -0.3 is 10.6 Å². The molecule has 1 aromatic heterocycles. The Morgan fingerprint density at radius 1 is 1.47 bits per heavy atom. The number of halogens is 3. The van der Waals surface area contributed by atoms with Crippen LogP contribution in [0.25, 0.3) is 0 Å². The van der Waals surface area contributed by atoms with Crippen LogP contribution in [0.2, 0.25) is 0 Å². The number of anilines is 1. The lowest BCUT2D eigenvalue weighted by molar-refractivity contribution is 0.364. The van der Waals surface area contributed by atoms with Crippen LogP contribution in [-0.2, 0) is 0 Å². The Bertz CT molecular complexity index is 332. The smallest absolute Gasteiger partial charge is 0.128 e. The normalized spacial score (nSPS) is 20.4. The zero-order valence-corrected chi connectivity index (χ0v) is 11.3. The highest BCUT2D eigenvalue weighted by Crippen LogP contribution is 2.20. The van der Waals surface area contributed by atoms with Crippen molar-refractivity contribution in [3.63, 3.8) is 0 Å². The fraction of sp³-hybridized carbons (Fsp3) is 0.545. The number of nitrogens with zero attached hydrogens (tertiary/aromatic N) is 2. The summed E-state index contributed by atoms with van der Waals surface area (Å²) in [6.45, 7) is 3.14. The summed E-state index contributed by atoms with van der Waals surface area (Å²) in [6.07, 6.45) is 1.67. The molecule has 1 unspecified atom stereocenters. The summed E-state index contributed by atoms with van der Waals surface area (Å²) in [6, 6.07) is 3.87. The molecule has 0 saturated carbocycles. The van der Waals surface area contributed by atoms with Gasteiger partial charge in [-0.15, -0.1) is 24.8 Å². The summed E-state index contributed by atoms with van der Waals surface area (Å²) in [4.78, 5) is 6.26. The minimum atomic E-state index is -0.708. The van der Waals surface area contributed by atoms with Crippen LogP contribution in [0.15, 0.2) is 18.3 Å². The summed E-state index contributed by atoms with van der Waals surface area (Å²) in [5.41, 5.74) is 6.73. The number of rotatable bonds is 2. The third kappa shape index (κ3) is 3.98. The fourth-order valence-electron chi connectivity index (χ4n) is 1.78. The maximum atomic E-state index is 13.0. The lowest BCUT2D eigenvalue weighted by atomic mass is 10.1. The topological polar surface area (TPSA) is 42.1 Å². The van der Waals surface area contributed by atoms with Crippen molar-refractivity contribution < 1.29 is 4.39 Å². The third-order valence-corrected chi connectivity index (χ3v) is 2.75. The molecule has 1 saturated heterocycles. The standard InChI is InChI=1S/C11H16FN3.2ClH/c1-8(13)9-2-3-11(14-6-9)15-5-4-10(12)7-15;;/h2-3,6,8,10H,4-5,7,13H2,1H3;2*1H/t8-,10?;;/m0../s1. The Kier molecular flexibility index (Phi) is 6.75. The lowest BCUT2D eigenvalue weighted by Crippen LogP contribution is -2.21. The summed E-state index contributed by atoms with van der Waals surface area (Å²) in [5, 5.41) is 0. The monoisotopic (exact) mass is 281 g/mol. The highest BCUT2D eigenvalue weighted by atomic mass is 35.5. The molecule has 17 heavy (non-hydrogen) atoms. The Labute approximate surface area is 113 Å². The molecule has 0 aliphatic carbocycles. The van der Waals surface area contributed by atoms with Crippen molar-refractivity contribution in [3.05, 3.63) is 23.9 Å². The highest BCUT2D eigenvalue weighted by Gasteiger charge is 2.22. The molecular weight excluding hydrogens is 264 g/mol. The van der Waals surface area contributed by atoms with Gasteiger partial charge in [0.15, 0.2) is 0 Å². The van der Waals surface area contributed by atoms with Gasteiger partial charge in [0.05, 0.1) is 6.54 Å². The van der Waals surface area contributed by atoms with E-state index in [1.165, 1.54) is 0 Å². The number of hydrogen-bond donors (Lipinski definition) is 1. The van der Waals surface area contributed by atoms with Crippen molar-refractivity contribution in [2.45, 2.75) is 25.6 Å².